The van der Waals surface area contributed by atoms with Crippen molar-refractivity contribution in [3.8, 4) is 0 Å². The van der Waals surface area contributed by atoms with E-state index in [0.717, 1.165) is 25.7 Å². The second-order valence-corrected chi connectivity index (χ2v) is 15.6. The van der Waals surface area contributed by atoms with E-state index in [0.29, 0.717) is 29.8 Å². The van der Waals surface area contributed by atoms with Gasteiger partial charge in [-0.3, -0.25) is 0 Å². The Morgan fingerprint density at radius 1 is 0.765 bits per heavy atom. The van der Waals surface area contributed by atoms with Gasteiger partial charge in [-0.25, -0.2) is 0 Å². The Balaban J connectivity index is 1.50. The summed E-state index contributed by atoms with van der Waals surface area (Å²) in [5, 5.41) is 12.0. The molecule has 10 atom stereocenters. The van der Waals surface area contributed by atoms with Gasteiger partial charge in [-0.05, 0) is 130 Å². The lowest BCUT2D eigenvalue weighted by Gasteiger charge is -2.70. The molecule has 3 heteroatoms. The third-order valence-corrected chi connectivity index (χ3v) is 13.4. The molecule has 196 valence electrons. The Bertz CT molecular complexity index is 804. The maximum Gasteiger partial charge on any atom is 0.0693 e. The van der Waals surface area contributed by atoms with Crippen molar-refractivity contribution in [3.63, 3.8) is 0 Å². The molecule has 1 aliphatic heterocycles. The van der Waals surface area contributed by atoms with E-state index in [9.17, 15) is 5.11 Å². The van der Waals surface area contributed by atoms with Crippen molar-refractivity contribution >= 4 is 0 Å². The summed E-state index contributed by atoms with van der Waals surface area (Å²) >= 11 is 0. The molecule has 0 aromatic rings. The van der Waals surface area contributed by atoms with Gasteiger partial charge in [0, 0.05) is 7.11 Å². The molecule has 4 aliphatic carbocycles. The van der Waals surface area contributed by atoms with Gasteiger partial charge < -0.3 is 14.6 Å². The third-order valence-electron chi connectivity index (χ3n) is 13.4. The maximum atomic E-state index is 12.0. The fraction of sp³-hybridized carbons (Fsp3) is 1.00. The quantitative estimate of drug-likeness (QED) is 0.453. The van der Waals surface area contributed by atoms with Gasteiger partial charge in [0.1, 0.15) is 0 Å². The van der Waals surface area contributed by atoms with Gasteiger partial charge in [-0.1, -0.05) is 34.6 Å². The normalized spacial score (nSPS) is 56.3. The molecule has 1 N–H and O–H groups in total. The molecule has 4 saturated carbocycles. The van der Waals surface area contributed by atoms with E-state index < -0.39 is 0 Å². The van der Waals surface area contributed by atoms with Crippen LogP contribution >= 0.6 is 0 Å². The summed E-state index contributed by atoms with van der Waals surface area (Å²) in [6.07, 6.45) is 12.1. The second-order valence-electron chi connectivity index (χ2n) is 15.6. The van der Waals surface area contributed by atoms with Crippen LogP contribution in [0.5, 0.6) is 0 Å². The SMILES string of the molecule is CO[C@H]1CC[C@@]2(C)C(CC[C@]3(C)C2C[C@@H](O)C2[C@@H]([C@]4(C)CCCC(C)(C)O4)CC[C@]23C)C1(C)C. The first-order valence-corrected chi connectivity index (χ1v) is 14.6. The minimum Gasteiger partial charge on any atom is -0.393 e. The van der Waals surface area contributed by atoms with Crippen LogP contribution < -0.4 is 0 Å². The highest BCUT2D eigenvalue weighted by Gasteiger charge is 2.71. The highest BCUT2D eigenvalue weighted by molar-refractivity contribution is 5.20. The van der Waals surface area contributed by atoms with Crippen molar-refractivity contribution < 1.29 is 14.6 Å². The summed E-state index contributed by atoms with van der Waals surface area (Å²) in [6.45, 7) is 19.7. The molecule has 3 nitrogen and oxygen atoms in total. The van der Waals surface area contributed by atoms with Gasteiger partial charge in [-0.15, -0.1) is 0 Å². The van der Waals surface area contributed by atoms with Crippen LogP contribution in [0, 0.1) is 45.3 Å². The molecule has 5 aliphatic rings. The molecule has 34 heavy (non-hydrogen) atoms. The zero-order chi connectivity index (χ0) is 24.9. The van der Waals surface area contributed by atoms with E-state index in [1.165, 1.54) is 38.5 Å². The minimum absolute atomic E-state index is 0.0465. The van der Waals surface area contributed by atoms with Gasteiger partial charge >= 0.3 is 0 Å². The Morgan fingerprint density at radius 3 is 2.09 bits per heavy atom. The van der Waals surface area contributed by atoms with Gasteiger partial charge in [-0.2, -0.15) is 0 Å². The standard InChI is InChI=1S/C31H54O3/c1-26(2)14-10-15-31(8,34-26)20-11-17-30(7)25(20)21(32)19-23-28(5)16-13-24(33-9)27(3,4)22(28)12-18-29(23,30)6/h20-25,32H,10-19H2,1-9H3/t20-,21+,22?,23?,24-,25?,28-,29+,30+,31-/m0/s1. The zero-order valence-electron chi connectivity index (χ0n) is 23.8. The first-order valence-electron chi connectivity index (χ1n) is 14.6. The molecule has 0 radical (unpaired) electrons. The molecule has 0 aromatic carbocycles. The highest BCUT2D eigenvalue weighted by Crippen LogP contribution is 2.76. The highest BCUT2D eigenvalue weighted by atomic mass is 16.5. The predicted octanol–water partition coefficient (Wildman–Crippen LogP) is 7.40. The number of hydrogen-bond acceptors (Lipinski definition) is 3. The Hall–Kier alpha value is -0.120. The van der Waals surface area contributed by atoms with Crippen LogP contribution in [0.3, 0.4) is 0 Å². The van der Waals surface area contributed by atoms with E-state index in [2.05, 4.69) is 55.4 Å². The van der Waals surface area contributed by atoms with E-state index in [1.54, 1.807) is 0 Å². The molecular weight excluding hydrogens is 420 g/mol. The molecule has 1 heterocycles. The van der Waals surface area contributed by atoms with Gasteiger partial charge in [0.05, 0.1) is 23.4 Å². The molecule has 0 aromatic heterocycles. The van der Waals surface area contributed by atoms with Gasteiger partial charge in [0.25, 0.3) is 0 Å². The Kier molecular flexibility index (Phi) is 5.78. The van der Waals surface area contributed by atoms with E-state index in [4.69, 9.17) is 9.47 Å². The number of rotatable bonds is 2. The van der Waals surface area contributed by atoms with E-state index in [1.807, 2.05) is 7.11 Å². The number of aliphatic hydroxyl groups excluding tert-OH is 1. The van der Waals surface area contributed by atoms with Crippen LogP contribution in [0.2, 0.25) is 0 Å². The van der Waals surface area contributed by atoms with Crippen molar-refractivity contribution in [3.05, 3.63) is 0 Å². The summed E-state index contributed by atoms with van der Waals surface area (Å²) in [7, 11) is 1.91. The van der Waals surface area contributed by atoms with Crippen LogP contribution in [0.25, 0.3) is 0 Å². The van der Waals surface area contributed by atoms with Crippen molar-refractivity contribution in [2.75, 3.05) is 7.11 Å². The Labute approximate surface area is 210 Å². The summed E-state index contributed by atoms with van der Waals surface area (Å²) < 4.78 is 12.9. The van der Waals surface area contributed by atoms with Crippen molar-refractivity contribution in [2.24, 2.45) is 45.3 Å². The molecule has 0 amide bonds. The summed E-state index contributed by atoms with van der Waals surface area (Å²) in [5.74, 6) is 2.08. The topological polar surface area (TPSA) is 38.7 Å². The number of methoxy groups -OCH3 is 1. The largest absolute Gasteiger partial charge is 0.393 e. The molecular formula is C31H54O3. The van der Waals surface area contributed by atoms with Crippen LogP contribution in [0.4, 0.5) is 0 Å². The molecule has 5 rings (SSSR count). The summed E-state index contributed by atoms with van der Waals surface area (Å²) in [6, 6.07) is 0. The molecule has 5 fully saturated rings. The van der Waals surface area contributed by atoms with Crippen molar-refractivity contribution in [2.45, 2.75) is 143 Å². The first-order chi connectivity index (χ1) is 15.6. The summed E-state index contributed by atoms with van der Waals surface area (Å²) in [4.78, 5) is 0. The first kappa shape index (κ1) is 25.5. The molecule has 3 unspecified atom stereocenters. The second kappa shape index (κ2) is 7.70. The van der Waals surface area contributed by atoms with Crippen molar-refractivity contribution in [1.29, 1.82) is 0 Å². The lowest BCUT2D eigenvalue weighted by Crippen LogP contribution is -2.67. The van der Waals surface area contributed by atoms with Gasteiger partial charge in [0.2, 0.25) is 0 Å². The minimum atomic E-state index is -0.208. The third kappa shape index (κ3) is 3.24. The number of fused-ring (bicyclic) bond motifs is 5. The fourth-order valence-electron chi connectivity index (χ4n) is 11.7. The zero-order valence-corrected chi connectivity index (χ0v) is 23.8. The average Bonchev–Trinajstić information content (AvgIpc) is 3.09. The maximum absolute atomic E-state index is 12.0. The lowest BCUT2D eigenvalue weighted by atomic mass is 9.35. The molecule has 0 spiro atoms. The smallest absolute Gasteiger partial charge is 0.0693 e. The van der Waals surface area contributed by atoms with Crippen LogP contribution in [-0.2, 0) is 9.47 Å². The van der Waals surface area contributed by atoms with Crippen LogP contribution in [-0.4, -0.2) is 35.6 Å². The van der Waals surface area contributed by atoms with Crippen LogP contribution in [0.1, 0.15) is 120 Å². The molecule has 1 saturated heterocycles. The molecule has 0 bridgehead atoms. The lowest BCUT2D eigenvalue weighted by molar-refractivity contribution is -0.258. The Morgan fingerprint density at radius 2 is 1.44 bits per heavy atom. The average molecular weight is 475 g/mol. The van der Waals surface area contributed by atoms with Crippen molar-refractivity contribution in [1.82, 2.24) is 0 Å². The fourth-order valence-corrected chi connectivity index (χ4v) is 11.7. The van der Waals surface area contributed by atoms with Crippen LogP contribution in [0.15, 0.2) is 0 Å². The van der Waals surface area contributed by atoms with E-state index in [-0.39, 0.29) is 39.0 Å². The number of aliphatic hydroxyl groups is 1. The number of ether oxygens (including phenoxy) is 2. The monoisotopic (exact) mass is 474 g/mol. The summed E-state index contributed by atoms with van der Waals surface area (Å²) in [5.41, 5.74) is 0.797. The van der Waals surface area contributed by atoms with Gasteiger partial charge in [0.15, 0.2) is 0 Å². The van der Waals surface area contributed by atoms with E-state index >= 15 is 0 Å². The predicted molar refractivity (Wildman–Crippen MR) is 139 cm³/mol. The number of hydrogen-bond donors (Lipinski definition) is 1.